The van der Waals surface area contributed by atoms with Crippen LogP contribution in [0.25, 0.3) is 22.4 Å². The van der Waals surface area contributed by atoms with Crippen LogP contribution >= 0.6 is 0 Å². The number of hydrogen-bond donors (Lipinski definition) is 1. The summed E-state index contributed by atoms with van der Waals surface area (Å²) in [5, 5.41) is 10.6. The summed E-state index contributed by atoms with van der Waals surface area (Å²) < 4.78 is 23.1. The lowest BCUT2D eigenvalue weighted by atomic mass is 10.0. The zero-order chi connectivity index (χ0) is 21.8. The molecule has 0 bridgehead atoms. The first-order valence-corrected chi connectivity index (χ1v) is 11.4. The van der Waals surface area contributed by atoms with Crippen LogP contribution in [0.5, 0.6) is 0 Å². The SMILES string of the molecule is CS(=O)(=O)c1ccc(-c2cccc(NC(=O)c3ccc(-c4ccccc4)cc3)c2)nn1. The Morgan fingerprint density at radius 2 is 1.42 bits per heavy atom. The lowest BCUT2D eigenvalue weighted by Gasteiger charge is -2.08. The number of aromatic nitrogens is 2. The average Bonchev–Trinajstić information content (AvgIpc) is 2.79. The first-order valence-electron chi connectivity index (χ1n) is 9.51. The molecule has 1 amide bonds. The van der Waals surface area contributed by atoms with Gasteiger partial charge in [-0.1, -0.05) is 54.6 Å². The van der Waals surface area contributed by atoms with Crippen LogP contribution in [0.2, 0.25) is 0 Å². The molecule has 1 aromatic heterocycles. The molecule has 0 fully saturated rings. The molecule has 154 valence electrons. The maximum atomic E-state index is 12.7. The average molecular weight is 430 g/mol. The van der Waals surface area contributed by atoms with E-state index in [1.54, 1.807) is 36.4 Å². The quantitative estimate of drug-likeness (QED) is 0.506. The molecule has 0 spiro atoms. The van der Waals surface area contributed by atoms with Gasteiger partial charge in [0.15, 0.2) is 14.9 Å². The van der Waals surface area contributed by atoms with Crippen molar-refractivity contribution in [2.24, 2.45) is 0 Å². The summed E-state index contributed by atoms with van der Waals surface area (Å²) in [4.78, 5) is 12.7. The van der Waals surface area contributed by atoms with E-state index in [0.29, 0.717) is 22.5 Å². The fourth-order valence-electron chi connectivity index (χ4n) is 3.08. The van der Waals surface area contributed by atoms with Crippen LogP contribution in [0.15, 0.2) is 96.0 Å². The predicted molar refractivity (Wildman–Crippen MR) is 120 cm³/mol. The van der Waals surface area contributed by atoms with Crippen molar-refractivity contribution in [2.75, 3.05) is 11.6 Å². The molecule has 1 N–H and O–H groups in total. The number of amides is 1. The number of benzene rings is 3. The second-order valence-corrected chi connectivity index (χ2v) is 8.97. The molecule has 0 atom stereocenters. The second kappa shape index (κ2) is 8.49. The molecule has 0 radical (unpaired) electrons. The van der Waals surface area contributed by atoms with Gasteiger partial charge in [0.05, 0.1) is 5.69 Å². The van der Waals surface area contributed by atoms with Crippen molar-refractivity contribution in [2.45, 2.75) is 5.03 Å². The summed E-state index contributed by atoms with van der Waals surface area (Å²) in [7, 11) is -3.41. The monoisotopic (exact) mass is 429 g/mol. The predicted octanol–water partition coefficient (Wildman–Crippen LogP) is 4.47. The third-order valence-corrected chi connectivity index (χ3v) is 5.67. The van der Waals surface area contributed by atoms with Crippen molar-refractivity contribution in [3.05, 3.63) is 96.6 Å². The van der Waals surface area contributed by atoms with E-state index in [9.17, 15) is 13.2 Å². The van der Waals surface area contributed by atoms with Gasteiger partial charge in [-0.25, -0.2) is 8.42 Å². The zero-order valence-electron chi connectivity index (χ0n) is 16.7. The Morgan fingerprint density at radius 3 is 2.06 bits per heavy atom. The van der Waals surface area contributed by atoms with Gasteiger partial charge in [-0.3, -0.25) is 4.79 Å². The standard InChI is InChI=1S/C24H19N3O3S/c1-31(29,30)23-15-14-22(26-27-23)20-8-5-9-21(16-20)25-24(28)19-12-10-18(11-13-19)17-6-3-2-4-7-17/h2-16H,1H3,(H,25,28). The maximum absolute atomic E-state index is 12.7. The molecule has 0 aliphatic carbocycles. The van der Waals surface area contributed by atoms with Crippen LogP contribution in [0.4, 0.5) is 5.69 Å². The van der Waals surface area contributed by atoms with Crippen molar-refractivity contribution in [1.82, 2.24) is 10.2 Å². The number of anilines is 1. The smallest absolute Gasteiger partial charge is 0.255 e. The first kappa shape index (κ1) is 20.4. The van der Waals surface area contributed by atoms with Crippen LogP contribution in [0, 0.1) is 0 Å². The summed E-state index contributed by atoms with van der Waals surface area (Å²) in [6, 6.07) is 27.5. The number of rotatable bonds is 5. The minimum Gasteiger partial charge on any atom is -0.322 e. The van der Waals surface area contributed by atoms with Gasteiger partial charge in [0, 0.05) is 23.1 Å². The third kappa shape index (κ3) is 4.84. The van der Waals surface area contributed by atoms with E-state index in [1.165, 1.54) is 6.07 Å². The van der Waals surface area contributed by atoms with Crippen LogP contribution in [-0.4, -0.2) is 30.8 Å². The molecule has 31 heavy (non-hydrogen) atoms. The van der Waals surface area contributed by atoms with E-state index in [0.717, 1.165) is 17.4 Å². The molecule has 7 heteroatoms. The Bertz CT molecular complexity index is 1320. The summed E-state index contributed by atoms with van der Waals surface area (Å²) >= 11 is 0. The van der Waals surface area contributed by atoms with Crippen LogP contribution in [0.1, 0.15) is 10.4 Å². The van der Waals surface area contributed by atoms with Crippen molar-refractivity contribution < 1.29 is 13.2 Å². The van der Waals surface area contributed by atoms with E-state index in [2.05, 4.69) is 15.5 Å². The fourth-order valence-corrected chi connectivity index (χ4v) is 3.58. The van der Waals surface area contributed by atoms with Crippen molar-refractivity contribution >= 4 is 21.4 Å². The normalized spacial score (nSPS) is 11.1. The van der Waals surface area contributed by atoms with Gasteiger partial charge in [-0.2, -0.15) is 0 Å². The van der Waals surface area contributed by atoms with Crippen molar-refractivity contribution in [3.8, 4) is 22.4 Å². The minimum atomic E-state index is -3.41. The topological polar surface area (TPSA) is 89.0 Å². The molecule has 0 aliphatic rings. The summed E-state index contributed by atoms with van der Waals surface area (Å²) in [5.41, 5.74) is 4.49. The maximum Gasteiger partial charge on any atom is 0.255 e. The molecule has 0 saturated carbocycles. The van der Waals surface area contributed by atoms with Crippen LogP contribution in [0.3, 0.4) is 0 Å². The second-order valence-electron chi connectivity index (χ2n) is 7.01. The summed E-state index contributed by atoms with van der Waals surface area (Å²) in [5.74, 6) is -0.227. The van der Waals surface area contributed by atoms with Crippen LogP contribution in [-0.2, 0) is 9.84 Å². The number of sulfone groups is 1. The highest BCUT2D eigenvalue weighted by molar-refractivity contribution is 7.90. The molecular formula is C24H19N3O3S. The summed E-state index contributed by atoms with van der Waals surface area (Å²) in [6.07, 6.45) is 1.08. The minimum absolute atomic E-state index is 0.0837. The Morgan fingerprint density at radius 1 is 0.742 bits per heavy atom. The molecule has 0 aliphatic heterocycles. The molecule has 4 aromatic rings. The zero-order valence-corrected chi connectivity index (χ0v) is 17.5. The molecular weight excluding hydrogens is 410 g/mol. The van der Waals surface area contributed by atoms with Gasteiger partial charge < -0.3 is 5.32 Å². The van der Waals surface area contributed by atoms with E-state index < -0.39 is 9.84 Å². The van der Waals surface area contributed by atoms with E-state index >= 15 is 0 Å². The number of nitrogens with zero attached hydrogens (tertiary/aromatic N) is 2. The molecule has 0 unspecified atom stereocenters. The van der Waals surface area contributed by atoms with Crippen LogP contribution < -0.4 is 5.32 Å². The van der Waals surface area contributed by atoms with E-state index in [-0.39, 0.29) is 10.9 Å². The fraction of sp³-hybridized carbons (Fsp3) is 0.0417. The summed E-state index contributed by atoms with van der Waals surface area (Å²) in [6.45, 7) is 0. The molecule has 6 nitrogen and oxygen atoms in total. The highest BCUT2D eigenvalue weighted by atomic mass is 32.2. The lowest BCUT2D eigenvalue weighted by molar-refractivity contribution is 0.102. The van der Waals surface area contributed by atoms with Gasteiger partial charge in [0.2, 0.25) is 0 Å². The van der Waals surface area contributed by atoms with Crippen molar-refractivity contribution in [1.29, 1.82) is 0 Å². The van der Waals surface area contributed by atoms with Gasteiger partial charge in [-0.05, 0) is 47.5 Å². The van der Waals surface area contributed by atoms with Gasteiger partial charge in [0.1, 0.15) is 0 Å². The highest BCUT2D eigenvalue weighted by Gasteiger charge is 2.11. The molecule has 1 heterocycles. The van der Waals surface area contributed by atoms with Gasteiger partial charge in [0.25, 0.3) is 5.91 Å². The van der Waals surface area contributed by atoms with E-state index in [4.69, 9.17) is 0 Å². The first-order chi connectivity index (χ1) is 14.9. The number of hydrogen-bond acceptors (Lipinski definition) is 5. The van der Waals surface area contributed by atoms with Crippen molar-refractivity contribution in [3.63, 3.8) is 0 Å². The van der Waals surface area contributed by atoms with E-state index in [1.807, 2.05) is 48.5 Å². The Labute approximate surface area is 180 Å². The number of carbonyl (C=O) groups excluding carboxylic acids is 1. The van der Waals surface area contributed by atoms with Gasteiger partial charge in [-0.15, -0.1) is 10.2 Å². The van der Waals surface area contributed by atoms with Gasteiger partial charge >= 0.3 is 0 Å². The number of nitrogens with one attached hydrogen (secondary N) is 1. The Hall–Kier alpha value is -3.84. The Kier molecular flexibility index (Phi) is 5.60. The lowest BCUT2D eigenvalue weighted by Crippen LogP contribution is -2.11. The third-order valence-electron chi connectivity index (χ3n) is 4.69. The highest BCUT2D eigenvalue weighted by Crippen LogP contribution is 2.23. The molecule has 3 aromatic carbocycles. The Balaban J connectivity index is 1.50. The number of carbonyl (C=O) groups is 1. The molecule has 4 rings (SSSR count). The molecule has 0 saturated heterocycles. The largest absolute Gasteiger partial charge is 0.322 e.